The third-order valence-electron chi connectivity index (χ3n) is 2.88. The fraction of sp³-hybridized carbons (Fsp3) is 0.500. The lowest BCUT2D eigenvalue weighted by molar-refractivity contribution is -0.146. The van der Waals surface area contributed by atoms with Crippen LogP contribution in [-0.2, 0) is 19.1 Å². The number of esters is 2. The molecule has 0 spiro atoms. The van der Waals surface area contributed by atoms with Gasteiger partial charge in [-0.25, -0.2) is 4.79 Å². The van der Waals surface area contributed by atoms with Gasteiger partial charge in [0.1, 0.15) is 0 Å². The zero-order valence-corrected chi connectivity index (χ0v) is 16.8. The van der Waals surface area contributed by atoms with Crippen molar-refractivity contribution in [1.29, 1.82) is 0 Å². The quantitative estimate of drug-likeness (QED) is 0.383. The second-order valence-electron chi connectivity index (χ2n) is 4.81. The molecule has 0 aliphatic heterocycles. The highest BCUT2D eigenvalue weighted by Gasteiger charge is 2.19. The molecule has 1 rings (SSSR count). The van der Waals surface area contributed by atoms with Crippen LogP contribution in [0.3, 0.4) is 0 Å². The van der Waals surface area contributed by atoms with Crippen molar-refractivity contribution in [3.8, 4) is 0 Å². The van der Waals surface area contributed by atoms with Crippen LogP contribution < -0.4 is 0 Å². The van der Waals surface area contributed by atoms with Gasteiger partial charge in [0, 0.05) is 15.4 Å². The van der Waals surface area contributed by atoms with Gasteiger partial charge in [-0.1, -0.05) is 31.9 Å². The van der Waals surface area contributed by atoms with Crippen molar-refractivity contribution in [3.63, 3.8) is 0 Å². The Bertz CT molecular complexity index is 573. The van der Waals surface area contributed by atoms with E-state index in [-0.39, 0.29) is 19.0 Å². The van der Waals surface area contributed by atoms with Crippen molar-refractivity contribution in [1.82, 2.24) is 0 Å². The predicted molar refractivity (Wildman–Crippen MR) is 97.3 cm³/mol. The van der Waals surface area contributed by atoms with Gasteiger partial charge in [-0.15, -0.1) is 0 Å². The molecule has 0 heterocycles. The van der Waals surface area contributed by atoms with Gasteiger partial charge in [-0.3, -0.25) is 4.79 Å². The van der Waals surface area contributed by atoms with E-state index in [1.54, 1.807) is 26.0 Å². The van der Waals surface area contributed by atoms with Crippen molar-refractivity contribution in [2.24, 2.45) is 10.2 Å². The molecule has 8 heteroatoms. The molecule has 0 aromatic heterocycles. The first-order chi connectivity index (χ1) is 11.5. The van der Waals surface area contributed by atoms with Gasteiger partial charge in [-0.2, -0.15) is 10.2 Å². The Morgan fingerprint density at radius 3 is 2.29 bits per heavy atom. The highest BCUT2D eigenvalue weighted by atomic mass is 79.9. The SMILES string of the molecule is CCOC(=O)CCCC(N=Nc1cc(Br)cc(Br)c1)C(=O)OCC. The minimum absolute atomic E-state index is 0.238. The number of benzene rings is 1. The Labute approximate surface area is 158 Å². The van der Waals surface area contributed by atoms with E-state index in [1.165, 1.54) is 0 Å². The van der Waals surface area contributed by atoms with Gasteiger partial charge in [-0.05, 0) is 44.9 Å². The number of halogens is 2. The summed E-state index contributed by atoms with van der Waals surface area (Å²) in [5.74, 6) is -0.730. The number of ether oxygens (including phenoxy) is 2. The molecule has 1 atom stereocenters. The van der Waals surface area contributed by atoms with Gasteiger partial charge in [0.2, 0.25) is 0 Å². The number of azo groups is 1. The van der Waals surface area contributed by atoms with Crippen LogP contribution in [0.5, 0.6) is 0 Å². The summed E-state index contributed by atoms with van der Waals surface area (Å²) in [6, 6.07) is 4.71. The summed E-state index contributed by atoms with van der Waals surface area (Å²) in [6.45, 7) is 4.10. The molecule has 0 saturated carbocycles. The Morgan fingerprint density at radius 1 is 1.08 bits per heavy atom. The maximum Gasteiger partial charge on any atom is 0.332 e. The maximum atomic E-state index is 12.0. The summed E-state index contributed by atoms with van der Waals surface area (Å²) < 4.78 is 11.6. The normalized spacial score (nSPS) is 12.2. The minimum Gasteiger partial charge on any atom is -0.466 e. The molecule has 0 N–H and O–H groups in total. The summed E-state index contributed by atoms with van der Waals surface area (Å²) >= 11 is 6.74. The molecular weight excluding hydrogens is 444 g/mol. The number of carbonyl (C=O) groups is 2. The summed E-state index contributed by atoms with van der Waals surface area (Å²) in [7, 11) is 0. The van der Waals surface area contributed by atoms with Gasteiger partial charge in [0.05, 0.1) is 18.9 Å². The van der Waals surface area contributed by atoms with E-state index in [9.17, 15) is 9.59 Å². The number of carbonyl (C=O) groups excluding carboxylic acids is 2. The zero-order chi connectivity index (χ0) is 17.9. The van der Waals surface area contributed by atoms with Crippen LogP contribution in [0.15, 0.2) is 37.4 Å². The Hall–Kier alpha value is -1.28. The van der Waals surface area contributed by atoms with Crippen molar-refractivity contribution in [2.45, 2.75) is 39.2 Å². The molecule has 1 aromatic rings. The second kappa shape index (κ2) is 11.3. The lowest BCUT2D eigenvalue weighted by atomic mass is 10.1. The second-order valence-corrected chi connectivity index (χ2v) is 6.64. The van der Waals surface area contributed by atoms with Gasteiger partial charge in [0.15, 0.2) is 6.04 Å². The number of rotatable bonds is 9. The summed E-state index contributed by atoms with van der Waals surface area (Å²) in [6.07, 6.45) is 1.08. The fourth-order valence-corrected chi connectivity index (χ4v) is 3.14. The highest BCUT2D eigenvalue weighted by molar-refractivity contribution is 9.11. The van der Waals surface area contributed by atoms with Crippen molar-refractivity contribution < 1.29 is 19.1 Å². The topological polar surface area (TPSA) is 77.3 Å². The molecule has 0 amide bonds. The molecule has 1 unspecified atom stereocenters. The first-order valence-electron chi connectivity index (χ1n) is 7.65. The van der Waals surface area contributed by atoms with Crippen LogP contribution in [0.2, 0.25) is 0 Å². The summed E-state index contributed by atoms with van der Waals surface area (Å²) in [4.78, 5) is 23.4. The zero-order valence-electron chi connectivity index (χ0n) is 13.6. The molecule has 1 aromatic carbocycles. The first-order valence-corrected chi connectivity index (χ1v) is 9.24. The summed E-state index contributed by atoms with van der Waals surface area (Å²) in [5.41, 5.74) is 0.607. The average Bonchev–Trinajstić information content (AvgIpc) is 2.50. The van der Waals surface area contributed by atoms with E-state index in [1.807, 2.05) is 6.07 Å². The van der Waals surface area contributed by atoms with Crippen LogP contribution in [0.4, 0.5) is 5.69 Å². The summed E-state index contributed by atoms with van der Waals surface area (Å²) in [5, 5.41) is 8.21. The average molecular weight is 464 g/mol. The molecule has 0 fully saturated rings. The van der Waals surface area contributed by atoms with Crippen LogP contribution >= 0.6 is 31.9 Å². The van der Waals surface area contributed by atoms with E-state index in [4.69, 9.17) is 9.47 Å². The third kappa shape index (κ3) is 8.01. The number of nitrogens with zero attached hydrogens (tertiary/aromatic N) is 2. The minimum atomic E-state index is -0.739. The van der Waals surface area contributed by atoms with Crippen molar-refractivity contribution >= 4 is 49.5 Å². The lowest BCUT2D eigenvalue weighted by Crippen LogP contribution is -2.21. The molecule has 0 radical (unpaired) electrons. The van der Waals surface area contributed by atoms with Crippen LogP contribution in [0, 0.1) is 0 Å². The van der Waals surface area contributed by atoms with E-state index in [2.05, 4.69) is 42.1 Å². The Morgan fingerprint density at radius 2 is 1.71 bits per heavy atom. The van der Waals surface area contributed by atoms with Gasteiger partial charge in [0.25, 0.3) is 0 Å². The van der Waals surface area contributed by atoms with E-state index >= 15 is 0 Å². The monoisotopic (exact) mass is 462 g/mol. The third-order valence-corrected chi connectivity index (χ3v) is 3.80. The first kappa shape index (κ1) is 20.8. The molecule has 0 aliphatic carbocycles. The molecule has 6 nitrogen and oxygen atoms in total. The van der Waals surface area contributed by atoms with E-state index in [0.717, 1.165) is 8.95 Å². The Kier molecular flexibility index (Phi) is 9.78. The fourth-order valence-electron chi connectivity index (χ4n) is 1.87. The highest BCUT2D eigenvalue weighted by Crippen LogP contribution is 2.26. The smallest absolute Gasteiger partial charge is 0.332 e. The van der Waals surface area contributed by atoms with E-state index < -0.39 is 12.0 Å². The molecular formula is C16H20Br2N2O4. The van der Waals surface area contributed by atoms with Crippen LogP contribution in [0.1, 0.15) is 33.1 Å². The number of hydrogen-bond donors (Lipinski definition) is 0. The van der Waals surface area contributed by atoms with Crippen molar-refractivity contribution in [2.75, 3.05) is 13.2 Å². The standard InChI is InChI=1S/C16H20Br2N2O4/c1-3-23-15(21)7-5-6-14(16(22)24-4-2)20-19-13-9-11(17)8-12(18)10-13/h8-10,14H,3-7H2,1-2H3. The van der Waals surface area contributed by atoms with Gasteiger partial charge >= 0.3 is 11.9 Å². The molecule has 0 aliphatic rings. The van der Waals surface area contributed by atoms with Crippen LogP contribution in [0.25, 0.3) is 0 Å². The molecule has 24 heavy (non-hydrogen) atoms. The molecule has 132 valence electrons. The molecule has 0 bridgehead atoms. The van der Waals surface area contributed by atoms with E-state index in [0.29, 0.717) is 25.1 Å². The molecule has 0 saturated heterocycles. The number of hydrogen-bond acceptors (Lipinski definition) is 6. The van der Waals surface area contributed by atoms with Crippen LogP contribution in [-0.4, -0.2) is 31.2 Å². The maximum absolute atomic E-state index is 12.0. The van der Waals surface area contributed by atoms with Crippen molar-refractivity contribution in [3.05, 3.63) is 27.1 Å². The lowest BCUT2D eigenvalue weighted by Gasteiger charge is -2.10. The van der Waals surface area contributed by atoms with Gasteiger partial charge < -0.3 is 9.47 Å². The Balaban J connectivity index is 2.72. The largest absolute Gasteiger partial charge is 0.466 e. The predicted octanol–water partition coefficient (Wildman–Crippen LogP) is 4.96.